The van der Waals surface area contributed by atoms with Gasteiger partial charge in [-0.25, -0.2) is 4.79 Å². The summed E-state index contributed by atoms with van der Waals surface area (Å²) in [6, 6.07) is 14.5. The fraction of sp³-hybridized carbons (Fsp3) is 0.391. The molecule has 3 rings (SSSR count). The van der Waals surface area contributed by atoms with E-state index >= 15 is 0 Å². The molecule has 1 aliphatic heterocycles. The van der Waals surface area contributed by atoms with Crippen LogP contribution < -0.4 is 4.74 Å². The summed E-state index contributed by atoms with van der Waals surface area (Å²) in [5.74, 6) is -0.345. The molecule has 29 heavy (non-hydrogen) atoms. The Balaban J connectivity index is 1.62. The lowest BCUT2D eigenvalue weighted by atomic mass is 9.97. The van der Waals surface area contributed by atoms with Gasteiger partial charge in [-0.05, 0) is 51.3 Å². The Bertz CT molecular complexity index is 859. The normalized spacial score (nSPS) is 18.9. The van der Waals surface area contributed by atoms with Gasteiger partial charge in [0.1, 0.15) is 17.9 Å². The molecule has 1 fully saturated rings. The van der Waals surface area contributed by atoms with Crippen molar-refractivity contribution >= 4 is 23.5 Å². The number of amides is 1. The zero-order valence-corrected chi connectivity index (χ0v) is 17.5. The molecule has 0 radical (unpaired) electrons. The van der Waals surface area contributed by atoms with Crippen LogP contribution in [0.15, 0.2) is 48.5 Å². The number of halogens is 1. The third kappa shape index (κ3) is 5.30. The summed E-state index contributed by atoms with van der Waals surface area (Å²) in [4.78, 5) is 27.0. The number of carbonyl (C=O) groups excluding carboxylic acids is 2. The Kier molecular flexibility index (Phi) is 7.15. The van der Waals surface area contributed by atoms with Gasteiger partial charge >= 0.3 is 5.97 Å². The van der Waals surface area contributed by atoms with Crippen LogP contribution in [0, 0.1) is 0 Å². The van der Waals surface area contributed by atoms with Crippen molar-refractivity contribution in [1.29, 1.82) is 0 Å². The molecule has 1 heterocycles. The minimum Gasteiger partial charge on any atom is -0.488 e. The molecular formula is C23H26ClNO4. The third-order valence-corrected chi connectivity index (χ3v) is 5.62. The van der Waals surface area contributed by atoms with E-state index in [-0.39, 0.29) is 36.8 Å². The van der Waals surface area contributed by atoms with Crippen molar-refractivity contribution in [1.82, 2.24) is 4.90 Å². The van der Waals surface area contributed by atoms with Crippen LogP contribution in [0.5, 0.6) is 5.75 Å². The van der Waals surface area contributed by atoms with E-state index in [0.717, 1.165) is 24.8 Å². The van der Waals surface area contributed by atoms with Crippen molar-refractivity contribution in [3.05, 3.63) is 64.7 Å². The zero-order chi connectivity index (χ0) is 20.8. The highest BCUT2D eigenvalue weighted by atomic mass is 35.5. The molecule has 5 nitrogen and oxygen atoms in total. The highest BCUT2D eigenvalue weighted by molar-refractivity contribution is 6.31. The number of likely N-dealkylation sites (tertiary alicyclic amines) is 1. The molecule has 2 aromatic carbocycles. The lowest BCUT2D eigenvalue weighted by molar-refractivity contribution is -0.140. The maximum absolute atomic E-state index is 12.6. The number of para-hydroxylation sites is 1. The number of ether oxygens (including phenoxy) is 2. The van der Waals surface area contributed by atoms with Crippen LogP contribution in [0.25, 0.3) is 0 Å². The number of piperidine rings is 1. The van der Waals surface area contributed by atoms with Crippen LogP contribution in [0.4, 0.5) is 0 Å². The Morgan fingerprint density at radius 2 is 1.69 bits per heavy atom. The van der Waals surface area contributed by atoms with Crippen molar-refractivity contribution in [3.63, 3.8) is 0 Å². The van der Waals surface area contributed by atoms with E-state index in [1.807, 2.05) is 36.9 Å². The Morgan fingerprint density at radius 3 is 2.41 bits per heavy atom. The van der Waals surface area contributed by atoms with E-state index in [4.69, 9.17) is 21.1 Å². The molecule has 0 bridgehead atoms. The Hall–Kier alpha value is -2.53. The van der Waals surface area contributed by atoms with Gasteiger partial charge in [0.15, 0.2) is 6.61 Å². The summed E-state index contributed by atoms with van der Waals surface area (Å²) in [7, 11) is 0. The molecule has 0 spiro atoms. The molecule has 0 aliphatic carbocycles. The second-order valence-corrected chi connectivity index (χ2v) is 7.79. The minimum atomic E-state index is -0.578. The molecule has 0 N–H and O–H groups in total. The largest absolute Gasteiger partial charge is 0.488 e. The molecule has 1 amide bonds. The second-order valence-electron chi connectivity index (χ2n) is 7.38. The van der Waals surface area contributed by atoms with Crippen LogP contribution in [0.2, 0.25) is 5.02 Å². The van der Waals surface area contributed by atoms with E-state index in [9.17, 15) is 9.59 Å². The van der Waals surface area contributed by atoms with Gasteiger partial charge in [-0.15, -0.1) is 0 Å². The molecule has 2 aromatic rings. The van der Waals surface area contributed by atoms with Crippen molar-refractivity contribution in [3.8, 4) is 5.75 Å². The fourth-order valence-electron chi connectivity index (χ4n) is 3.72. The van der Waals surface area contributed by atoms with E-state index in [0.29, 0.717) is 10.8 Å². The predicted molar refractivity (Wildman–Crippen MR) is 112 cm³/mol. The zero-order valence-electron chi connectivity index (χ0n) is 16.8. The van der Waals surface area contributed by atoms with Crippen LogP contribution in [-0.2, 0) is 16.1 Å². The van der Waals surface area contributed by atoms with Crippen LogP contribution >= 0.6 is 11.6 Å². The second kappa shape index (κ2) is 9.79. The summed E-state index contributed by atoms with van der Waals surface area (Å²) < 4.78 is 11.1. The van der Waals surface area contributed by atoms with Crippen molar-refractivity contribution < 1.29 is 19.1 Å². The molecule has 0 unspecified atom stereocenters. The van der Waals surface area contributed by atoms with Gasteiger partial charge in [0, 0.05) is 22.7 Å². The number of esters is 1. The highest BCUT2D eigenvalue weighted by Gasteiger charge is 2.29. The Morgan fingerprint density at radius 1 is 1.03 bits per heavy atom. The molecule has 1 aliphatic rings. The standard InChI is InChI=1S/C23H26ClNO4/c1-16-8-7-9-17(2)25(16)22(26)15-29-23(27)19-11-4-6-13-21(19)28-14-18-10-3-5-12-20(18)24/h3-6,10-13,16-17H,7-9,14-15H2,1-2H3/t16-,17-/m1/s1. The van der Waals surface area contributed by atoms with Crippen molar-refractivity contribution in [2.24, 2.45) is 0 Å². The molecule has 154 valence electrons. The van der Waals surface area contributed by atoms with Gasteiger partial charge in [0.25, 0.3) is 5.91 Å². The smallest absolute Gasteiger partial charge is 0.342 e. The average Bonchev–Trinajstić information content (AvgIpc) is 2.71. The SMILES string of the molecule is C[C@@H]1CCC[C@@H](C)N1C(=O)COC(=O)c1ccccc1OCc1ccccc1Cl. The van der Waals surface area contributed by atoms with Crippen molar-refractivity contribution in [2.75, 3.05) is 6.61 Å². The van der Waals surface area contributed by atoms with E-state index in [2.05, 4.69) is 0 Å². The number of hydrogen-bond acceptors (Lipinski definition) is 4. The molecule has 0 saturated carbocycles. The molecule has 1 saturated heterocycles. The van der Waals surface area contributed by atoms with E-state index in [1.165, 1.54) is 0 Å². The summed E-state index contributed by atoms with van der Waals surface area (Å²) >= 11 is 6.16. The highest BCUT2D eigenvalue weighted by Crippen LogP contribution is 2.24. The van der Waals surface area contributed by atoms with Crippen molar-refractivity contribution in [2.45, 2.75) is 51.8 Å². The first-order chi connectivity index (χ1) is 14.0. The third-order valence-electron chi connectivity index (χ3n) is 5.26. The van der Waals surface area contributed by atoms with Crippen LogP contribution in [0.3, 0.4) is 0 Å². The monoisotopic (exact) mass is 415 g/mol. The topological polar surface area (TPSA) is 55.8 Å². The van der Waals surface area contributed by atoms with Gasteiger partial charge in [0.2, 0.25) is 0 Å². The number of carbonyl (C=O) groups is 2. The van der Waals surface area contributed by atoms with Crippen LogP contribution in [-0.4, -0.2) is 35.5 Å². The molecular weight excluding hydrogens is 390 g/mol. The number of benzene rings is 2. The maximum atomic E-state index is 12.6. The summed E-state index contributed by atoms with van der Waals surface area (Å²) in [6.45, 7) is 4.03. The molecule has 0 aromatic heterocycles. The quantitative estimate of drug-likeness (QED) is 0.632. The first kappa shape index (κ1) is 21.2. The van der Waals surface area contributed by atoms with E-state index < -0.39 is 5.97 Å². The first-order valence-corrected chi connectivity index (χ1v) is 10.3. The molecule has 6 heteroatoms. The van der Waals surface area contributed by atoms with Gasteiger partial charge in [0.05, 0.1) is 0 Å². The lowest BCUT2D eigenvalue weighted by Gasteiger charge is -2.38. The number of rotatable bonds is 6. The lowest BCUT2D eigenvalue weighted by Crippen LogP contribution is -2.49. The van der Waals surface area contributed by atoms with Gasteiger partial charge < -0.3 is 14.4 Å². The minimum absolute atomic E-state index is 0.160. The predicted octanol–water partition coefficient (Wildman–Crippen LogP) is 4.87. The summed E-state index contributed by atoms with van der Waals surface area (Å²) in [5, 5.41) is 0.600. The van der Waals surface area contributed by atoms with Gasteiger partial charge in [-0.1, -0.05) is 41.9 Å². The van der Waals surface area contributed by atoms with Crippen LogP contribution in [0.1, 0.15) is 49.0 Å². The van der Waals surface area contributed by atoms with E-state index in [1.54, 1.807) is 30.3 Å². The number of nitrogens with zero attached hydrogens (tertiary/aromatic N) is 1. The fourth-order valence-corrected chi connectivity index (χ4v) is 3.91. The maximum Gasteiger partial charge on any atom is 0.342 e. The first-order valence-electron chi connectivity index (χ1n) is 9.91. The number of hydrogen-bond donors (Lipinski definition) is 0. The van der Waals surface area contributed by atoms with Gasteiger partial charge in [-0.3, -0.25) is 4.79 Å². The molecule has 2 atom stereocenters. The summed E-state index contributed by atoms with van der Waals surface area (Å²) in [5.41, 5.74) is 1.10. The average molecular weight is 416 g/mol. The summed E-state index contributed by atoms with van der Waals surface area (Å²) in [6.07, 6.45) is 3.06. The van der Waals surface area contributed by atoms with Gasteiger partial charge in [-0.2, -0.15) is 0 Å². The Labute approximate surface area is 176 Å².